The van der Waals surface area contributed by atoms with Crippen LogP contribution in [-0.2, 0) is 0 Å². The molecule has 1 unspecified atom stereocenters. The monoisotopic (exact) mass is 207 g/mol. The minimum Gasteiger partial charge on any atom is -0.394 e. The topological polar surface area (TPSA) is 32.3 Å². The van der Waals surface area contributed by atoms with Gasteiger partial charge < -0.3 is 10.4 Å². The lowest BCUT2D eigenvalue weighted by Crippen LogP contribution is -2.38. The van der Waals surface area contributed by atoms with Crippen LogP contribution in [0.4, 0.5) is 5.69 Å². The van der Waals surface area contributed by atoms with E-state index in [2.05, 4.69) is 38.2 Å². The molecule has 1 aromatic carbocycles. The molecule has 1 aromatic rings. The molecule has 0 aromatic heterocycles. The first kappa shape index (κ1) is 12.1. The molecule has 1 rings (SSSR count). The van der Waals surface area contributed by atoms with Crippen LogP contribution >= 0.6 is 0 Å². The minimum atomic E-state index is -0.207. The van der Waals surface area contributed by atoms with Crippen LogP contribution in [0.25, 0.3) is 0 Å². The fourth-order valence-corrected chi connectivity index (χ4v) is 1.77. The summed E-state index contributed by atoms with van der Waals surface area (Å²) in [6, 6.07) is 8.17. The smallest absolute Gasteiger partial charge is 0.0658 e. The van der Waals surface area contributed by atoms with E-state index in [-0.39, 0.29) is 12.1 Å². The molecule has 0 saturated carbocycles. The van der Waals surface area contributed by atoms with Crippen molar-refractivity contribution in [2.45, 2.75) is 39.2 Å². The van der Waals surface area contributed by atoms with Crippen molar-refractivity contribution >= 4 is 5.69 Å². The zero-order valence-corrected chi connectivity index (χ0v) is 9.88. The first-order valence-electron chi connectivity index (χ1n) is 5.56. The van der Waals surface area contributed by atoms with E-state index in [0.717, 1.165) is 18.5 Å². The van der Waals surface area contributed by atoms with Crippen LogP contribution in [0, 0.1) is 6.92 Å². The Morgan fingerprint density at radius 2 is 2.00 bits per heavy atom. The van der Waals surface area contributed by atoms with Crippen LogP contribution < -0.4 is 5.32 Å². The average Bonchev–Trinajstić information content (AvgIpc) is 2.22. The maximum atomic E-state index is 9.41. The summed E-state index contributed by atoms with van der Waals surface area (Å²) in [6.45, 7) is 6.43. The van der Waals surface area contributed by atoms with E-state index in [1.807, 2.05) is 12.1 Å². The zero-order chi connectivity index (χ0) is 11.3. The molecule has 0 aliphatic heterocycles. The highest BCUT2D eigenvalue weighted by Gasteiger charge is 2.21. The fourth-order valence-electron chi connectivity index (χ4n) is 1.77. The van der Waals surface area contributed by atoms with Gasteiger partial charge in [0.05, 0.1) is 12.1 Å². The molecule has 15 heavy (non-hydrogen) atoms. The Kier molecular flexibility index (Phi) is 4.15. The highest BCUT2D eigenvalue weighted by atomic mass is 16.3. The molecule has 0 saturated heterocycles. The summed E-state index contributed by atoms with van der Waals surface area (Å²) in [5.41, 5.74) is 2.12. The number of anilines is 1. The van der Waals surface area contributed by atoms with Crippen molar-refractivity contribution in [3.05, 3.63) is 29.8 Å². The van der Waals surface area contributed by atoms with Gasteiger partial charge in [-0.2, -0.15) is 0 Å². The second kappa shape index (κ2) is 5.17. The van der Waals surface area contributed by atoms with Crippen molar-refractivity contribution < 1.29 is 5.11 Å². The van der Waals surface area contributed by atoms with Gasteiger partial charge in [-0.3, -0.25) is 0 Å². The summed E-state index contributed by atoms with van der Waals surface area (Å²) < 4.78 is 0. The van der Waals surface area contributed by atoms with E-state index in [1.54, 1.807) is 0 Å². The Morgan fingerprint density at radius 3 is 2.53 bits per heavy atom. The Hall–Kier alpha value is -1.02. The van der Waals surface area contributed by atoms with Gasteiger partial charge in [-0.1, -0.05) is 31.5 Å². The highest BCUT2D eigenvalue weighted by molar-refractivity contribution is 5.52. The van der Waals surface area contributed by atoms with Gasteiger partial charge in [-0.05, 0) is 31.9 Å². The van der Waals surface area contributed by atoms with Gasteiger partial charge in [0.25, 0.3) is 0 Å². The normalized spacial score (nSPS) is 14.7. The van der Waals surface area contributed by atoms with Crippen molar-refractivity contribution in [3.63, 3.8) is 0 Å². The van der Waals surface area contributed by atoms with Gasteiger partial charge in [0, 0.05) is 5.69 Å². The first-order chi connectivity index (χ1) is 7.11. The molecule has 2 nitrogen and oxygen atoms in total. The van der Waals surface area contributed by atoms with Crippen LogP contribution in [0.2, 0.25) is 0 Å². The van der Waals surface area contributed by atoms with Gasteiger partial charge in [0.2, 0.25) is 0 Å². The number of aryl methyl sites for hydroxylation is 1. The summed E-state index contributed by atoms with van der Waals surface area (Å²) in [5, 5.41) is 12.8. The van der Waals surface area contributed by atoms with Gasteiger partial charge in [0.15, 0.2) is 0 Å². The summed E-state index contributed by atoms with van der Waals surface area (Å²) >= 11 is 0. The number of hydrogen-bond acceptors (Lipinski definition) is 2. The molecule has 0 fully saturated rings. The Balaban J connectivity index is 2.79. The van der Waals surface area contributed by atoms with E-state index in [4.69, 9.17) is 0 Å². The van der Waals surface area contributed by atoms with Gasteiger partial charge in [-0.15, -0.1) is 0 Å². The van der Waals surface area contributed by atoms with E-state index < -0.39 is 0 Å². The Morgan fingerprint density at radius 1 is 1.33 bits per heavy atom. The number of rotatable bonds is 5. The van der Waals surface area contributed by atoms with Crippen LogP contribution in [0.1, 0.15) is 32.3 Å². The van der Waals surface area contributed by atoms with Crippen molar-refractivity contribution in [1.29, 1.82) is 0 Å². The standard InChI is InChI=1S/C13H21NO/c1-4-9-13(3,10-15)14-12-8-6-5-7-11(12)2/h5-8,14-15H,4,9-10H2,1-3H3. The quantitative estimate of drug-likeness (QED) is 0.778. The Labute approximate surface area is 92.3 Å². The predicted octanol–water partition coefficient (Wildman–Crippen LogP) is 2.96. The van der Waals surface area contributed by atoms with Crippen molar-refractivity contribution in [2.24, 2.45) is 0 Å². The molecule has 1 atom stereocenters. The lowest BCUT2D eigenvalue weighted by Gasteiger charge is -2.30. The van der Waals surface area contributed by atoms with Gasteiger partial charge >= 0.3 is 0 Å². The molecule has 0 bridgehead atoms. The van der Waals surface area contributed by atoms with Crippen molar-refractivity contribution in [1.82, 2.24) is 0 Å². The summed E-state index contributed by atoms with van der Waals surface area (Å²) in [6.07, 6.45) is 2.04. The third kappa shape index (κ3) is 3.24. The molecule has 0 spiro atoms. The lowest BCUT2D eigenvalue weighted by atomic mass is 9.96. The maximum absolute atomic E-state index is 9.41. The molecule has 0 aliphatic carbocycles. The van der Waals surface area contributed by atoms with E-state index in [9.17, 15) is 5.11 Å². The number of aliphatic hydroxyl groups is 1. The molecule has 2 N–H and O–H groups in total. The second-order valence-electron chi connectivity index (χ2n) is 4.41. The lowest BCUT2D eigenvalue weighted by molar-refractivity contribution is 0.214. The number of hydrogen-bond donors (Lipinski definition) is 2. The second-order valence-corrected chi connectivity index (χ2v) is 4.41. The maximum Gasteiger partial charge on any atom is 0.0658 e. The largest absolute Gasteiger partial charge is 0.394 e. The zero-order valence-electron chi connectivity index (χ0n) is 9.88. The molecule has 84 valence electrons. The third-order valence-corrected chi connectivity index (χ3v) is 2.73. The SMILES string of the molecule is CCCC(C)(CO)Nc1ccccc1C. The molecule has 0 amide bonds. The highest BCUT2D eigenvalue weighted by Crippen LogP contribution is 2.22. The van der Waals surface area contributed by atoms with E-state index >= 15 is 0 Å². The number of aliphatic hydroxyl groups excluding tert-OH is 1. The number of para-hydroxylation sites is 1. The molecule has 0 heterocycles. The van der Waals surface area contributed by atoms with Crippen LogP contribution in [0.15, 0.2) is 24.3 Å². The summed E-state index contributed by atoms with van der Waals surface area (Å²) in [5.74, 6) is 0. The average molecular weight is 207 g/mol. The van der Waals surface area contributed by atoms with Crippen molar-refractivity contribution in [2.75, 3.05) is 11.9 Å². The fraction of sp³-hybridized carbons (Fsp3) is 0.538. The predicted molar refractivity (Wildman–Crippen MR) is 65.2 cm³/mol. The Bertz CT molecular complexity index is 311. The van der Waals surface area contributed by atoms with Crippen LogP contribution in [0.5, 0.6) is 0 Å². The number of nitrogens with one attached hydrogen (secondary N) is 1. The third-order valence-electron chi connectivity index (χ3n) is 2.73. The van der Waals surface area contributed by atoms with E-state index in [0.29, 0.717) is 0 Å². The number of benzene rings is 1. The van der Waals surface area contributed by atoms with Gasteiger partial charge in [0.1, 0.15) is 0 Å². The molecular weight excluding hydrogens is 186 g/mol. The summed E-state index contributed by atoms with van der Waals surface area (Å²) in [7, 11) is 0. The summed E-state index contributed by atoms with van der Waals surface area (Å²) in [4.78, 5) is 0. The van der Waals surface area contributed by atoms with E-state index in [1.165, 1.54) is 5.56 Å². The molecule has 0 aliphatic rings. The van der Waals surface area contributed by atoms with Gasteiger partial charge in [-0.25, -0.2) is 0 Å². The minimum absolute atomic E-state index is 0.162. The van der Waals surface area contributed by atoms with Crippen LogP contribution in [-0.4, -0.2) is 17.3 Å². The van der Waals surface area contributed by atoms with Crippen molar-refractivity contribution in [3.8, 4) is 0 Å². The first-order valence-corrected chi connectivity index (χ1v) is 5.56. The molecule has 2 heteroatoms. The molecule has 0 radical (unpaired) electrons. The molecular formula is C13H21NO. The van der Waals surface area contributed by atoms with Crippen LogP contribution in [0.3, 0.4) is 0 Å².